The largest absolute Gasteiger partial charge is 0.372 e. The monoisotopic (exact) mass is 269 g/mol. The van der Waals surface area contributed by atoms with E-state index in [2.05, 4.69) is 55.2 Å². The number of aryl methyl sites for hydroxylation is 1. The molecule has 1 aromatic carbocycles. The summed E-state index contributed by atoms with van der Waals surface area (Å²) in [6.07, 6.45) is 6.57. The highest BCUT2D eigenvalue weighted by atomic mass is 15.3. The van der Waals surface area contributed by atoms with Gasteiger partial charge in [-0.25, -0.2) is 0 Å². The topological polar surface area (TPSA) is 21.1 Å². The van der Waals surface area contributed by atoms with Gasteiger partial charge in [0.2, 0.25) is 0 Å². The van der Waals surface area contributed by atoms with Crippen molar-refractivity contribution in [2.45, 2.75) is 39.7 Å². The van der Waals surface area contributed by atoms with Crippen molar-refractivity contribution in [3.63, 3.8) is 0 Å². The molecule has 0 saturated heterocycles. The number of benzene rings is 1. The van der Waals surface area contributed by atoms with Crippen molar-refractivity contribution < 1.29 is 0 Å². The molecule has 2 aromatic rings. The minimum Gasteiger partial charge on any atom is -0.372 e. The van der Waals surface area contributed by atoms with Crippen LogP contribution in [0.15, 0.2) is 30.6 Å². The average Bonchev–Trinajstić information content (AvgIpc) is 2.96. The zero-order valence-corrected chi connectivity index (χ0v) is 12.6. The molecule has 106 valence electrons. The van der Waals surface area contributed by atoms with Crippen molar-refractivity contribution >= 4 is 5.69 Å². The Morgan fingerprint density at radius 2 is 2.10 bits per heavy atom. The number of nitrogens with zero attached hydrogens (tertiary/aromatic N) is 3. The van der Waals surface area contributed by atoms with Gasteiger partial charge in [-0.15, -0.1) is 0 Å². The molecule has 0 fully saturated rings. The van der Waals surface area contributed by atoms with Gasteiger partial charge in [0.1, 0.15) is 0 Å². The summed E-state index contributed by atoms with van der Waals surface area (Å²) in [5.41, 5.74) is 5.40. The molecule has 0 spiro atoms. The summed E-state index contributed by atoms with van der Waals surface area (Å²) in [5, 5.41) is 4.44. The Hall–Kier alpha value is -1.77. The Bertz CT molecular complexity index is 598. The van der Waals surface area contributed by atoms with E-state index in [1.807, 2.05) is 10.9 Å². The Balaban J connectivity index is 1.95. The third kappa shape index (κ3) is 2.33. The van der Waals surface area contributed by atoms with Crippen molar-refractivity contribution in [1.29, 1.82) is 0 Å². The van der Waals surface area contributed by atoms with Gasteiger partial charge >= 0.3 is 0 Å². The molecule has 0 N–H and O–H groups in total. The van der Waals surface area contributed by atoms with Crippen LogP contribution in [0, 0.1) is 0 Å². The van der Waals surface area contributed by atoms with Crippen LogP contribution in [0.3, 0.4) is 0 Å². The van der Waals surface area contributed by atoms with Gasteiger partial charge in [-0.05, 0) is 56.9 Å². The van der Waals surface area contributed by atoms with E-state index in [1.165, 1.54) is 41.8 Å². The molecule has 1 aliphatic heterocycles. The van der Waals surface area contributed by atoms with E-state index in [1.54, 1.807) is 0 Å². The van der Waals surface area contributed by atoms with E-state index < -0.39 is 0 Å². The summed E-state index contributed by atoms with van der Waals surface area (Å²) in [6, 6.07) is 7.27. The first-order chi connectivity index (χ1) is 9.69. The Morgan fingerprint density at radius 3 is 2.80 bits per heavy atom. The first kappa shape index (κ1) is 13.2. The van der Waals surface area contributed by atoms with Gasteiger partial charge < -0.3 is 4.90 Å². The van der Waals surface area contributed by atoms with E-state index in [-0.39, 0.29) is 0 Å². The maximum atomic E-state index is 4.44. The second-order valence-electron chi connectivity index (χ2n) is 5.83. The lowest BCUT2D eigenvalue weighted by molar-refractivity contribution is 0.532. The van der Waals surface area contributed by atoms with Crippen LogP contribution < -0.4 is 4.90 Å². The molecule has 2 heterocycles. The number of hydrogen-bond acceptors (Lipinski definition) is 2. The molecule has 3 nitrogen and oxygen atoms in total. The third-order valence-corrected chi connectivity index (χ3v) is 4.14. The summed E-state index contributed by atoms with van der Waals surface area (Å²) in [4.78, 5) is 2.47. The second-order valence-corrected chi connectivity index (χ2v) is 5.83. The summed E-state index contributed by atoms with van der Waals surface area (Å²) in [5.74, 6) is 0. The molecule has 0 atom stereocenters. The van der Waals surface area contributed by atoms with Crippen LogP contribution in [0.2, 0.25) is 0 Å². The van der Waals surface area contributed by atoms with Crippen LogP contribution in [0.4, 0.5) is 5.69 Å². The molecule has 3 rings (SSSR count). The molecule has 0 bridgehead atoms. The molecule has 0 aliphatic carbocycles. The summed E-state index contributed by atoms with van der Waals surface area (Å²) in [6.45, 7) is 8.83. The van der Waals surface area contributed by atoms with E-state index in [0.29, 0.717) is 6.04 Å². The second kappa shape index (κ2) is 5.31. The molecule has 1 aromatic heterocycles. The van der Waals surface area contributed by atoms with Gasteiger partial charge in [0.05, 0.1) is 6.20 Å². The molecule has 3 heteroatoms. The summed E-state index contributed by atoms with van der Waals surface area (Å²) >= 11 is 0. The molecular weight excluding hydrogens is 246 g/mol. The fraction of sp³-hybridized carbons (Fsp3) is 0.471. The third-order valence-electron chi connectivity index (χ3n) is 4.14. The molecule has 0 unspecified atom stereocenters. The van der Waals surface area contributed by atoms with Crippen LogP contribution in [-0.2, 0) is 6.42 Å². The summed E-state index contributed by atoms with van der Waals surface area (Å²) < 4.78 is 2.02. The minimum atomic E-state index is 0.414. The first-order valence-electron chi connectivity index (χ1n) is 7.61. The Kier molecular flexibility index (Phi) is 3.51. The van der Waals surface area contributed by atoms with E-state index in [4.69, 9.17) is 0 Å². The standard InChI is InChI=1S/C17H23N3/c1-4-19-9-5-6-15-10-14(7-8-17(15)19)16-11-18-20(12-16)13(2)3/h7-8,10-13H,4-6,9H2,1-3H3. The van der Waals surface area contributed by atoms with Crippen molar-refractivity contribution in [3.05, 3.63) is 36.2 Å². The van der Waals surface area contributed by atoms with Gasteiger partial charge in [0.15, 0.2) is 0 Å². The normalized spacial score (nSPS) is 14.7. The molecule has 0 radical (unpaired) electrons. The van der Waals surface area contributed by atoms with E-state index >= 15 is 0 Å². The van der Waals surface area contributed by atoms with Crippen molar-refractivity contribution in [3.8, 4) is 11.1 Å². The average molecular weight is 269 g/mol. The van der Waals surface area contributed by atoms with Crippen molar-refractivity contribution in [2.75, 3.05) is 18.0 Å². The highest BCUT2D eigenvalue weighted by molar-refractivity contribution is 5.68. The number of hydrogen-bond donors (Lipinski definition) is 0. The lowest BCUT2D eigenvalue weighted by Crippen LogP contribution is -2.28. The highest BCUT2D eigenvalue weighted by Crippen LogP contribution is 2.31. The van der Waals surface area contributed by atoms with Crippen LogP contribution in [-0.4, -0.2) is 22.9 Å². The SMILES string of the molecule is CCN1CCCc2cc(-c3cnn(C(C)C)c3)ccc21. The van der Waals surface area contributed by atoms with E-state index in [9.17, 15) is 0 Å². The molecule has 0 saturated carbocycles. The molecule has 0 amide bonds. The van der Waals surface area contributed by atoms with Crippen LogP contribution >= 0.6 is 0 Å². The fourth-order valence-electron chi connectivity index (χ4n) is 2.95. The zero-order chi connectivity index (χ0) is 14.1. The number of anilines is 1. The van der Waals surface area contributed by atoms with Gasteiger partial charge in [0, 0.05) is 36.6 Å². The number of rotatable bonds is 3. The highest BCUT2D eigenvalue weighted by Gasteiger charge is 2.16. The predicted molar refractivity (Wildman–Crippen MR) is 84.3 cm³/mol. The van der Waals surface area contributed by atoms with E-state index in [0.717, 1.165) is 6.54 Å². The van der Waals surface area contributed by atoms with Gasteiger partial charge in [-0.2, -0.15) is 5.10 Å². The van der Waals surface area contributed by atoms with Crippen molar-refractivity contribution in [1.82, 2.24) is 9.78 Å². The maximum absolute atomic E-state index is 4.44. The lowest BCUT2D eigenvalue weighted by atomic mass is 9.97. The smallest absolute Gasteiger partial charge is 0.0568 e. The van der Waals surface area contributed by atoms with Crippen LogP contribution in [0.1, 0.15) is 38.8 Å². The Morgan fingerprint density at radius 1 is 1.25 bits per heavy atom. The fourth-order valence-corrected chi connectivity index (χ4v) is 2.95. The van der Waals surface area contributed by atoms with Crippen LogP contribution in [0.5, 0.6) is 0 Å². The minimum absolute atomic E-state index is 0.414. The molecule has 1 aliphatic rings. The quantitative estimate of drug-likeness (QED) is 0.842. The maximum Gasteiger partial charge on any atom is 0.0568 e. The number of aromatic nitrogens is 2. The zero-order valence-electron chi connectivity index (χ0n) is 12.6. The Labute approximate surface area is 121 Å². The molecule has 20 heavy (non-hydrogen) atoms. The predicted octanol–water partition coefficient (Wildman–Crippen LogP) is 3.90. The van der Waals surface area contributed by atoms with Gasteiger partial charge in [0.25, 0.3) is 0 Å². The van der Waals surface area contributed by atoms with Crippen molar-refractivity contribution in [2.24, 2.45) is 0 Å². The summed E-state index contributed by atoms with van der Waals surface area (Å²) in [7, 11) is 0. The van der Waals surface area contributed by atoms with Gasteiger partial charge in [-0.3, -0.25) is 4.68 Å². The lowest BCUT2D eigenvalue weighted by Gasteiger charge is -2.30. The van der Waals surface area contributed by atoms with Gasteiger partial charge in [-0.1, -0.05) is 6.07 Å². The first-order valence-corrected chi connectivity index (χ1v) is 7.61. The van der Waals surface area contributed by atoms with Crippen LogP contribution in [0.25, 0.3) is 11.1 Å². The molecular formula is C17H23N3. The number of fused-ring (bicyclic) bond motifs is 1.